The number of halogens is 1. The van der Waals surface area contributed by atoms with Crippen molar-refractivity contribution in [3.63, 3.8) is 0 Å². The maximum atomic E-state index is 13.7. The van der Waals surface area contributed by atoms with Gasteiger partial charge in [0.25, 0.3) is 0 Å². The van der Waals surface area contributed by atoms with Gasteiger partial charge in [-0.3, -0.25) is 4.98 Å². The van der Waals surface area contributed by atoms with E-state index in [1.165, 1.54) is 6.20 Å². The van der Waals surface area contributed by atoms with Crippen LogP contribution in [0.5, 0.6) is 5.75 Å². The van der Waals surface area contributed by atoms with E-state index in [4.69, 9.17) is 4.74 Å². The van der Waals surface area contributed by atoms with Crippen LogP contribution in [-0.4, -0.2) is 26.6 Å². The molecular formula is C15H13FN4O. The van der Waals surface area contributed by atoms with Gasteiger partial charge in [0, 0.05) is 11.8 Å². The molecule has 0 saturated carbocycles. The van der Waals surface area contributed by atoms with E-state index < -0.39 is 5.82 Å². The summed E-state index contributed by atoms with van der Waals surface area (Å²) in [5.41, 5.74) is 1.66. The van der Waals surface area contributed by atoms with Crippen LogP contribution < -0.4 is 4.74 Å². The molecule has 0 fully saturated rings. The number of pyridine rings is 1. The molecule has 0 atom stereocenters. The van der Waals surface area contributed by atoms with Gasteiger partial charge in [-0.1, -0.05) is 5.21 Å². The molecule has 3 aromatic rings. The number of nitrogens with zero attached hydrogens (tertiary/aromatic N) is 4. The van der Waals surface area contributed by atoms with Crippen LogP contribution in [0.3, 0.4) is 0 Å². The van der Waals surface area contributed by atoms with E-state index in [-0.39, 0.29) is 0 Å². The molecular weight excluding hydrogens is 271 g/mol. The summed E-state index contributed by atoms with van der Waals surface area (Å²) in [5.74, 6) is 0.373. The average molecular weight is 284 g/mol. The van der Waals surface area contributed by atoms with Crippen molar-refractivity contribution in [2.75, 3.05) is 6.61 Å². The molecule has 0 radical (unpaired) electrons. The van der Waals surface area contributed by atoms with Crippen molar-refractivity contribution in [2.45, 2.75) is 6.92 Å². The third kappa shape index (κ3) is 2.74. The Bertz CT molecular complexity index is 739. The van der Waals surface area contributed by atoms with E-state index in [2.05, 4.69) is 15.3 Å². The highest BCUT2D eigenvalue weighted by Crippen LogP contribution is 2.21. The van der Waals surface area contributed by atoms with Gasteiger partial charge in [0.15, 0.2) is 5.82 Å². The quantitative estimate of drug-likeness (QED) is 0.739. The first-order valence-electron chi connectivity index (χ1n) is 6.53. The summed E-state index contributed by atoms with van der Waals surface area (Å²) in [6.45, 7) is 2.55. The Hall–Kier alpha value is -2.76. The normalized spacial score (nSPS) is 10.6. The van der Waals surface area contributed by atoms with Gasteiger partial charge >= 0.3 is 0 Å². The lowest BCUT2D eigenvalue weighted by Crippen LogP contribution is -1.96. The van der Waals surface area contributed by atoms with E-state index in [0.717, 1.165) is 17.6 Å². The molecule has 21 heavy (non-hydrogen) atoms. The Kier molecular flexibility index (Phi) is 3.59. The smallest absolute Gasteiger partial charge is 0.150 e. The Labute approximate surface area is 121 Å². The molecule has 106 valence electrons. The standard InChI is InChI=1S/C15H13FN4O/c1-2-21-12-5-3-11(4-6-12)20-10-15(18-19-20)13-7-8-17-9-14(13)16/h3-10H,2H2,1H3. The second kappa shape index (κ2) is 5.70. The predicted molar refractivity (Wildman–Crippen MR) is 75.7 cm³/mol. The molecule has 6 heteroatoms. The topological polar surface area (TPSA) is 52.8 Å². The van der Waals surface area contributed by atoms with Crippen LogP contribution in [0.15, 0.2) is 48.9 Å². The summed E-state index contributed by atoms with van der Waals surface area (Å²) in [6, 6.07) is 9.01. The van der Waals surface area contributed by atoms with Gasteiger partial charge in [-0.05, 0) is 37.3 Å². The van der Waals surface area contributed by atoms with Crippen molar-refractivity contribution in [1.82, 2.24) is 20.0 Å². The van der Waals surface area contributed by atoms with Crippen LogP contribution in [0.2, 0.25) is 0 Å². The van der Waals surface area contributed by atoms with Gasteiger partial charge in [0.1, 0.15) is 11.4 Å². The molecule has 0 aliphatic rings. The fourth-order valence-electron chi connectivity index (χ4n) is 1.96. The lowest BCUT2D eigenvalue weighted by atomic mass is 10.2. The number of rotatable bonds is 4. The minimum absolute atomic E-state index is 0.377. The largest absolute Gasteiger partial charge is 0.494 e. The van der Waals surface area contributed by atoms with E-state index in [9.17, 15) is 4.39 Å². The molecule has 0 saturated heterocycles. The Morgan fingerprint density at radius 2 is 2.00 bits per heavy atom. The van der Waals surface area contributed by atoms with Crippen LogP contribution >= 0.6 is 0 Å². The Balaban J connectivity index is 1.89. The molecule has 2 aromatic heterocycles. The summed E-state index contributed by atoms with van der Waals surface area (Å²) >= 11 is 0. The van der Waals surface area contributed by atoms with Crippen molar-refractivity contribution < 1.29 is 9.13 Å². The summed E-state index contributed by atoms with van der Waals surface area (Å²) in [6.07, 6.45) is 4.35. The van der Waals surface area contributed by atoms with Crippen LogP contribution in [-0.2, 0) is 0 Å². The maximum Gasteiger partial charge on any atom is 0.150 e. The Morgan fingerprint density at radius 3 is 2.71 bits per heavy atom. The highest BCUT2D eigenvalue weighted by molar-refractivity contribution is 5.58. The second-order valence-electron chi connectivity index (χ2n) is 4.33. The second-order valence-corrected chi connectivity index (χ2v) is 4.33. The van der Waals surface area contributed by atoms with Gasteiger partial charge in [-0.25, -0.2) is 9.07 Å². The molecule has 5 nitrogen and oxygen atoms in total. The lowest BCUT2D eigenvalue weighted by molar-refractivity contribution is 0.340. The summed E-state index contributed by atoms with van der Waals surface area (Å²) in [5, 5.41) is 8.01. The molecule has 0 aliphatic carbocycles. The molecule has 0 spiro atoms. The molecule has 2 heterocycles. The van der Waals surface area contributed by atoms with Crippen LogP contribution in [0.4, 0.5) is 4.39 Å². The fraction of sp³-hybridized carbons (Fsp3) is 0.133. The minimum atomic E-state index is -0.420. The van der Waals surface area contributed by atoms with Gasteiger partial charge in [0.2, 0.25) is 0 Å². The SMILES string of the molecule is CCOc1ccc(-n2cc(-c3ccncc3F)nn2)cc1. The number of benzene rings is 1. The zero-order chi connectivity index (χ0) is 14.7. The average Bonchev–Trinajstić information content (AvgIpc) is 2.98. The van der Waals surface area contributed by atoms with Crippen molar-refractivity contribution >= 4 is 0 Å². The van der Waals surface area contributed by atoms with E-state index >= 15 is 0 Å². The summed E-state index contributed by atoms with van der Waals surface area (Å²) in [7, 11) is 0. The maximum absolute atomic E-state index is 13.7. The molecule has 0 bridgehead atoms. The minimum Gasteiger partial charge on any atom is -0.494 e. The molecule has 0 aliphatic heterocycles. The molecule has 0 unspecified atom stereocenters. The van der Waals surface area contributed by atoms with Crippen LogP contribution in [0.1, 0.15) is 6.92 Å². The zero-order valence-electron chi connectivity index (χ0n) is 11.4. The third-order valence-corrected chi connectivity index (χ3v) is 2.95. The zero-order valence-corrected chi connectivity index (χ0v) is 11.4. The highest BCUT2D eigenvalue weighted by Gasteiger charge is 2.09. The number of hydrogen-bond acceptors (Lipinski definition) is 4. The van der Waals surface area contributed by atoms with Crippen LogP contribution in [0, 0.1) is 5.82 Å². The first-order chi connectivity index (χ1) is 10.3. The van der Waals surface area contributed by atoms with Gasteiger partial charge in [-0.2, -0.15) is 0 Å². The lowest BCUT2D eigenvalue weighted by Gasteiger charge is -2.04. The molecule has 1 aromatic carbocycles. The molecule has 3 rings (SSSR count). The van der Waals surface area contributed by atoms with Gasteiger partial charge in [-0.15, -0.1) is 5.10 Å². The predicted octanol–water partition coefficient (Wildman–Crippen LogP) is 2.87. The van der Waals surface area contributed by atoms with Crippen molar-refractivity contribution in [2.24, 2.45) is 0 Å². The van der Waals surface area contributed by atoms with Crippen LogP contribution in [0.25, 0.3) is 16.9 Å². The van der Waals surface area contributed by atoms with E-state index in [1.807, 2.05) is 31.2 Å². The van der Waals surface area contributed by atoms with E-state index in [0.29, 0.717) is 17.9 Å². The summed E-state index contributed by atoms with van der Waals surface area (Å²) < 4.78 is 20.6. The summed E-state index contributed by atoms with van der Waals surface area (Å²) in [4.78, 5) is 3.72. The van der Waals surface area contributed by atoms with E-state index in [1.54, 1.807) is 16.9 Å². The van der Waals surface area contributed by atoms with Crippen molar-refractivity contribution in [3.8, 4) is 22.7 Å². The Morgan fingerprint density at radius 1 is 1.19 bits per heavy atom. The van der Waals surface area contributed by atoms with Gasteiger partial charge in [0.05, 0.1) is 24.7 Å². The number of hydrogen-bond donors (Lipinski definition) is 0. The monoisotopic (exact) mass is 284 g/mol. The molecule has 0 N–H and O–H groups in total. The number of ether oxygens (including phenoxy) is 1. The first-order valence-corrected chi connectivity index (χ1v) is 6.53. The highest BCUT2D eigenvalue weighted by atomic mass is 19.1. The van der Waals surface area contributed by atoms with Gasteiger partial charge < -0.3 is 4.74 Å². The molecule has 0 amide bonds. The van der Waals surface area contributed by atoms with Crippen molar-refractivity contribution in [3.05, 3.63) is 54.7 Å². The first kappa shape index (κ1) is 13.2. The third-order valence-electron chi connectivity index (χ3n) is 2.95. The van der Waals surface area contributed by atoms with Crippen molar-refractivity contribution in [1.29, 1.82) is 0 Å². The fourth-order valence-corrected chi connectivity index (χ4v) is 1.96. The number of aromatic nitrogens is 4.